The Morgan fingerprint density at radius 3 is 2.34 bits per heavy atom. The van der Waals surface area contributed by atoms with Gasteiger partial charge in [-0.3, -0.25) is 14.4 Å². The molecule has 6 rings (SSSR count). The maximum absolute atomic E-state index is 14.0. The molecule has 0 radical (unpaired) electrons. The summed E-state index contributed by atoms with van der Waals surface area (Å²) in [5.74, 6) is -0.632. The third-order valence-corrected chi connectivity index (χ3v) is 14.3. The van der Waals surface area contributed by atoms with E-state index in [1.807, 2.05) is 6.92 Å². The van der Waals surface area contributed by atoms with Crippen LogP contribution >= 0.6 is 0 Å². The maximum Gasteiger partial charge on any atom is 0.302 e. The van der Waals surface area contributed by atoms with Gasteiger partial charge in [0.15, 0.2) is 12.1 Å². The number of hydrogen-bond acceptors (Lipinski definition) is 10. The fourth-order valence-corrected chi connectivity index (χ4v) is 12.4. The summed E-state index contributed by atoms with van der Waals surface area (Å²) in [5.41, 5.74) is -1.38. The minimum atomic E-state index is -1.34. The highest BCUT2D eigenvalue weighted by atomic mass is 16.7. The van der Waals surface area contributed by atoms with E-state index < -0.39 is 54.1 Å². The van der Waals surface area contributed by atoms with Gasteiger partial charge in [0.25, 0.3) is 0 Å². The third-order valence-electron chi connectivity index (χ3n) is 14.3. The van der Waals surface area contributed by atoms with Crippen molar-refractivity contribution in [1.82, 2.24) is 0 Å². The first kappa shape index (κ1) is 32.5. The Balaban J connectivity index is 1.31. The number of carbonyl (C=O) groups is 3. The summed E-state index contributed by atoms with van der Waals surface area (Å²) in [6.45, 7) is 11.5. The van der Waals surface area contributed by atoms with Crippen molar-refractivity contribution in [3.8, 4) is 0 Å². The van der Waals surface area contributed by atoms with Crippen LogP contribution in [0, 0.1) is 50.7 Å². The lowest BCUT2D eigenvalue weighted by molar-refractivity contribution is -0.303. The molecule has 0 amide bonds. The van der Waals surface area contributed by atoms with Crippen LogP contribution in [0.15, 0.2) is 0 Å². The molecule has 10 heteroatoms. The molecule has 44 heavy (non-hydrogen) atoms. The predicted octanol–water partition coefficient (Wildman–Crippen LogP) is 2.56. The van der Waals surface area contributed by atoms with Crippen LogP contribution in [0.25, 0.3) is 0 Å². The number of aliphatic hydroxyl groups is 4. The van der Waals surface area contributed by atoms with Gasteiger partial charge in [-0.05, 0) is 77.9 Å². The Hall–Kier alpha value is -1.43. The maximum atomic E-state index is 14.0. The lowest BCUT2D eigenvalue weighted by atomic mass is 9.41. The number of aliphatic hydroxyl groups excluding tert-OH is 4. The molecule has 2 spiro atoms. The van der Waals surface area contributed by atoms with E-state index in [-0.39, 0.29) is 64.7 Å². The quantitative estimate of drug-likeness (QED) is 0.246. The highest BCUT2D eigenvalue weighted by Crippen LogP contribution is 2.89. The Morgan fingerprint density at radius 1 is 1.00 bits per heavy atom. The van der Waals surface area contributed by atoms with Crippen molar-refractivity contribution in [3.63, 3.8) is 0 Å². The smallest absolute Gasteiger partial charge is 0.302 e. The summed E-state index contributed by atoms with van der Waals surface area (Å²) in [6, 6.07) is 0. The summed E-state index contributed by atoms with van der Waals surface area (Å²) in [6.07, 6.45) is 0.293. The Morgan fingerprint density at radius 2 is 1.68 bits per heavy atom. The number of esters is 1. The van der Waals surface area contributed by atoms with Gasteiger partial charge in [0.1, 0.15) is 36.8 Å². The van der Waals surface area contributed by atoms with Crippen molar-refractivity contribution < 1.29 is 49.0 Å². The molecular formula is C34H52O10. The highest BCUT2D eigenvalue weighted by Gasteiger charge is 2.85. The molecule has 6 aliphatic rings. The summed E-state index contributed by atoms with van der Waals surface area (Å²) in [4.78, 5) is 38.9. The van der Waals surface area contributed by atoms with Crippen LogP contribution in [-0.4, -0.2) is 88.0 Å². The monoisotopic (exact) mass is 620 g/mol. The van der Waals surface area contributed by atoms with Crippen LogP contribution in [0.3, 0.4) is 0 Å². The molecule has 5 saturated carbocycles. The fourth-order valence-electron chi connectivity index (χ4n) is 12.4. The van der Waals surface area contributed by atoms with Crippen molar-refractivity contribution in [2.24, 2.45) is 50.7 Å². The average molecular weight is 621 g/mol. The van der Waals surface area contributed by atoms with Crippen molar-refractivity contribution in [3.05, 3.63) is 0 Å². The lowest BCUT2D eigenvalue weighted by Gasteiger charge is -2.64. The van der Waals surface area contributed by atoms with Gasteiger partial charge < -0.3 is 34.6 Å². The molecule has 6 fully saturated rings. The zero-order valence-electron chi connectivity index (χ0n) is 27.1. The van der Waals surface area contributed by atoms with Gasteiger partial charge in [-0.15, -0.1) is 0 Å². The van der Waals surface area contributed by atoms with E-state index in [9.17, 15) is 34.8 Å². The Labute approximate surface area is 260 Å². The van der Waals surface area contributed by atoms with Gasteiger partial charge in [0, 0.05) is 31.1 Å². The number of ketones is 2. The molecule has 1 heterocycles. The molecule has 14 atom stereocenters. The van der Waals surface area contributed by atoms with Gasteiger partial charge >= 0.3 is 5.97 Å². The fraction of sp³-hybridized carbons (Fsp3) is 0.912. The molecule has 0 bridgehead atoms. The van der Waals surface area contributed by atoms with Crippen molar-refractivity contribution in [1.29, 1.82) is 0 Å². The van der Waals surface area contributed by atoms with Crippen LogP contribution in [0.1, 0.15) is 92.9 Å². The topological polar surface area (TPSA) is 160 Å². The largest absolute Gasteiger partial charge is 0.462 e. The number of carbonyl (C=O) groups excluding carboxylic acids is 3. The third kappa shape index (κ3) is 4.23. The molecule has 0 unspecified atom stereocenters. The molecule has 0 aromatic rings. The first-order valence-electron chi connectivity index (χ1n) is 16.6. The summed E-state index contributed by atoms with van der Waals surface area (Å²) in [7, 11) is 0. The summed E-state index contributed by atoms with van der Waals surface area (Å²) in [5, 5.41) is 40.2. The number of Topliss-reactive ketones (excluding diaryl/α,β-unsaturated/α-hetero) is 2. The molecular weight excluding hydrogens is 568 g/mol. The van der Waals surface area contributed by atoms with Gasteiger partial charge in [-0.2, -0.15) is 0 Å². The van der Waals surface area contributed by atoms with Crippen molar-refractivity contribution in [2.45, 2.75) is 130 Å². The van der Waals surface area contributed by atoms with Crippen LogP contribution in [0.5, 0.6) is 0 Å². The number of ether oxygens (including phenoxy) is 3. The molecule has 0 aromatic carbocycles. The second-order valence-electron chi connectivity index (χ2n) is 16.4. The molecule has 4 N–H and O–H groups in total. The van der Waals surface area contributed by atoms with Gasteiger partial charge in [0.05, 0.1) is 12.7 Å². The minimum absolute atomic E-state index is 0.0172. The summed E-state index contributed by atoms with van der Waals surface area (Å²) >= 11 is 0. The van der Waals surface area contributed by atoms with Gasteiger partial charge in [0.2, 0.25) is 0 Å². The highest BCUT2D eigenvalue weighted by molar-refractivity contribution is 5.88. The molecule has 0 aromatic heterocycles. The normalized spacial score (nSPS) is 51.3. The second-order valence-corrected chi connectivity index (χ2v) is 16.4. The minimum Gasteiger partial charge on any atom is -0.462 e. The Kier molecular flexibility index (Phi) is 7.79. The van der Waals surface area contributed by atoms with Crippen molar-refractivity contribution in [2.75, 3.05) is 13.2 Å². The first-order chi connectivity index (χ1) is 20.5. The second kappa shape index (κ2) is 10.5. The van der Waals surface area contributed by atoms with Gasteiger partial charge in [-0.1, -0.05) is 34.6 Å². The van der Waals surface area contributed by atoms with Crippen molar-refractivity contribution >= 4 is 17.5 Å². The standard InChI is InChI=1S/C34H52O10/c1-17(11-19(37)14-35)26-20(38)12-31(5)23-8-7-22-30(3,4)24(44-29-28(41)27(40)21(39)15-42-29)9-10-33(22)16-34(23,33)13-25(32(26,31)6)43-18(2)36/h17,21-29,35,39-41H,7-16H2,1-6H3/t17-,21+,22-,23+,24-,25-,26+,27+,28-,29+,31+,32-,33+,34-/m1/s1. The predicted molar refractivity (Wildman–Crippen MR) is 157 cm³/mol. The number of fused-ring (bicyclic) bond motifs is 2. The summed E-state index contributed by atoms with van der Waals surface area (Å²) < 4.78 is 18.2. The van der Waals surface area contributed by atoms with E-state index >= 15 is 0 Å². The van der Waals surface area contributed by atoms with E-state index in [2.05, 4.69) is 27.7 Å². The van der Waals surface area contributed by atoms with E-state index in [0.29, 0.717) is 18.8 Å². The molecule has 10 nitrogen and oxygen atoms in total. The lowest BCUT2D eigenvalue weighted by Crippen LogP contribution is -2.63. The van der Waals surface area contributed by atoms with E-state index in [1.54, 1.807) is 0 Å². The molecule has 5 aliphatic carbocycles. The zero-order chi connectivity index (χ0) is 32.2. The van der Waals surface area contributed by atoms with E-state index in [1.165, 1.54) is 6.92 Å². The zero-order valence-corrected chi connectivity index (χ0v) is 27.1. The van der Waals surface area contributed by atoms with Crippen LogP contribution in [-0.2, 0) is 28.6 Å². The average Bonchev–Trinajstić information content (AvgIpc) is 3.53. The SMILES string of the molecule is CC(=O)O[C@@H]1C[C@]23C[C@]24CC[C@@H](O[C@@H]2OC[C@H](O)[C@H](O)[C@H]2O)C(C)(C)[C@H]4CC[C@H]3[C@]2(C)CC(=O)[C@H]([C@H](C)CC(=O)CO)[C@@]12C. The van der Waals surface area contributed by atoms with Crippen LogP contribution < -0.4 is 0 Å². The van der Waals surface area contributed by atoms with Gasteiger partial charge in [-0.25, -0.2) is 0 Å². The first-order valence-corrected chi connectivity index (χ1v) is 16.6. The van der Waals surface area contributed by atoms with E-state index in [0.717, 1.165) is 32.1 Å². The molecule has 1 aliphatic heterocycles. The Bertz CT molecular complexity index is 1200. The number of rotatable bonds is 7. The molecule has 1 saturated heterocycles. The molecule has 248 valence electrons. The van der Waals surface area contributed by atoms with Crippen LogP contribution in [0.4, 0.5) is 0 Å². The van der Waals surface area contributed by atoms with E-state index in [4.69, 9.17) is 14.2 Å². The number of hydrogen-bond donors (Lipinski definition) is 4. The van der Waals surface area contributed by atoms with Crippen LogP contribution in [0.2, 0.25) is 0 Å².